The minimum Gasteiger partial charge on any atom is -0.495 e. The second kappa shape index (κ2) is 6.71. The van der Waals surface area contributed by atoms with Gasteiger partial charge >= 0.3 is 0 Å². The van der Waals surface area contributed by atoms with Gasteiger partial charge in [0, 0.05) is 22.2 Å². The summed E-state index contributed by atoms with van der Waals surface area (Å²) in [6.45, 7) is 0.772. The molecular formula is C23H22FN3O4S. The summed E-state index contributed by atoms with van der Waals surface area (Å²) in [4.78, 5) is 2.03. The van der Waals surface area contributed by atoms with E-state index in [0.29, 0.717) is 25.3 Å². The van der Waals surface area contributed by atoms with E-state index in [1.807, 2.05) is 17.0 Å². The van der Waals surface area contributed by atoms with Gasteiger partial charge in [-0.3, -0.25) is 4.72 Å². The number of hydrogen-bond acceptors (Lipinski definition) is 6. The zero-order valence-electron chi connectivity index (χ0n) is 17.5. The van der Waals surface area contributed by atoms with Crippen LogP contribution in [0.3, 0.4) is 0 Å². The molecule has 7 nitrogen and oxygen atoms in total. The normalized spacial score (nSPS) is 18.6. The van der Waals surface area contributed by atoms with Crippen molar-refractivity contribution in [3.05, 3.63) is 53.6 Å². The molecule has 32 heavy (non-hydrogen) atoms. The lowest BCUT2D eigenvalue weighted by Gasteiger charge is -2.37. The Hall–Kier alpha value is -3.07. The molecule has 0 unspecified atom stereocenters. The topological polar surface area (TPSA) is 84.7 Å². The van der Waals surface area contributed by atoms with Crippen molar-refractivity contribution in [3.8, 4) is 17.1 Å². The Bertz CT molecular complexity index is 1330. The standard InChI is InChI=1S/C23H22FN3O4S/c1-30-19-4-2-3-5-20(19)32(28,29)26-22-17-11-23(8-9-23)18-7-6-15(27-12-14(24)13-27)10-16(18)21(17)31-25-22/h2-7,10,14H,8-9,11-13H2,1H3,(H,25,26). The molecule has 1 aliphatic heterocycles. The van der Waals surface area contributed by atoms with Crippen LogP contribution in [0.25, 0.3) is 11.3 Å². The van der Waals surface area contributed by atoms with E-state index in [-0.39, 0.29) is 21.9 Å². The highest BCUT2D eigenvalue weighted by molar-refractivity contribution is 7.92. The number of benzene rings is 2. The van der Waals surface area contributed by atoms with Crippen LogP contribution in [-0.4, -0.2) is 39.9 Å². The first-order chi connectivity index (χ1) is 15.4. The summed E-state index contributed by atoms with van der Waals surface area (Å²) in [5.41, 5.74) is 3.79. The second-order valence-corrected chi connectivity index (χ2v) is 10.4. The lowest BCUT2D eigenvalue weighted by atomic mass is 9.79. The first-order valence-electron chi connectivity index (χ1n) is 10.6. The number of nitrogens with zero attached hydrogens (tertiary/aromatic N) is 2. The maximum absolute atomic E-state index is 13.4. The zero-order valence-corrected chi connectivity index (χ0v) is 18.3. The predicted molar refractivity (Wildman–Crippen MR) is 117 cm³/mol. The fraction of sp³-hybridized carbons (Fsp3) is 0.348. The Morgan fingerprint density at radius 3 is 2.72 bits per heavy atom. The Balaban J connectivity index is 1.40. The maximum Gasteiger partial charge on any atom is 0.266 e. The number of sulfonamides is 1. The molecule has 3 aromatic rings. The third-order valence-corrected chi connectivity index (χ3v) is 8.15. The van der Waals surface area contributed by atoms with Crippen molar-refractivity contribution in [2.75, 3.05) is 29.8 Å². The number of fused-ring (bicyclic) bond motifs is 4. The number of anilines is 2. The van der Waals surface area contributed by atoms with Crippen molar-refractivity contribution in [3.63, 3.8) is 0 Å². The highest BCUT2D eigenvalue weighted by atomic mass is 32.2. The van der Waals surface area contributed by atoms with Crippen molar-refractivity contribution < 1.29 is 22.1 Å². The summed E-state index contributed by atoms with van der Waals surface area (Å²) < 4.78 is 53.1. The van der Waals surface area contributed by atoms with Gasteiger partial charge in [-0.25, -0.2) is 12.8 Å². The molecule has 2 aromatic carbocycles. The molecule has 0 bridgehead atoms. The van der Waals surface area contributed by atoms with Gasteiger partial charge < -0.3 is 14.2 Å². The number of ether oxygens (including phenoxy) is 1. The van der Waals surface area contributed by atoms with Crippen LogP contribution in [0.15, 0.2) is 51.9 Å². The van der Waals surface area contributed by atoms with Crippen molar-refractivity contribution >= 4 is 21.5 Å². The van der Waals surface area contributed by atoms with Crippen LogP contribution in [-0.2, 0) is 21.9 Å². The van der Waals surface area contributed by atoms with E-state index >= 15 is 0 Å². The van der Waals surface area contributed by atoms with Gasteiger partial charge in [-0.15, -0.1) is 0 Å². The highest BCUT2D eigenvalue weighted by Crippen LogP contribution is 2.58. The van der Waals surface area contributed by atoms with Crippen LogP contribution in [0.5, 0.6) is 5.75 Å². The van der Waals surface area contributed by atoms with Gasteiger partial charge in [0.05, 0.1) is 20.2 Å². The first kappa shape index (κ1) is 19.6. The minimum absolute atomic E-state index is 0.0192. The highest BCUT2D eigenvalue weighted by Gasteiger charge is 2.50. The summed E-state index contributed by atoms with van der Waals surface area (Å²) >= 11 is 0. The van der Waals surface area contributed by atoms with E-state index in [1.165, 1.54) is 18.7 Å². The SMILES string of the molecule is COc1ccccc1S(=O)(=O)Nc1noc2c1CC1(CC1)c1ccc(N3CC(F)C3)cc1-2. The first-order valence-corrected chi connectivity index (χ1v) is 12.1. The number of halogens is 1. The molecule has 1 spiro atoms. The zero-order chi connectivity index (χ0) is 22.1. The van der Waals surface area contributed by atoms with Crippen LogP contribution in [0, 0.1) is 0 Å². The van der Waals surface area contributed by atoms with Gasteiger partial charge in [-0.2, -0.15) is 0 Å². The van der Waals surface area contributed by atoms with E-state index in [4.69, 9.17) is 9.26 Å². The van der Waals surface area contributed by atoms with Gasteiger partial charge in [-0.05, 0) is 49.1 Å². The molecule has 3 aliphatic rings. The molecule has 9 heteroatoms. The average Bonchev–Trinajstić information content (AvgIpc) is 3.44. The van der Waals surface area contributed by atoms with E-state index in [1.54, 1.807) is 18.2 Å². The van der Waals surface area contributed by atoms with Crippen molar-refractivity contribution in [2.24, 2.45) is 0 Å². The van der Waals surface area contributed by atoms with Crippen molar-refractivity contribution in [1.29, 1.82) is 0 Å². The molecule has 1 saturated heterocycles. The fourth-order valence-corrected chi connectivity index (χ4v) is 6.03. The van der Waals surface area contributed by atoms with Gasteiger partial charge in [0.2, 0.25) is 0 Å². The average molecular weight is 456 g/mol. The van der Waals surface area contributed by atoms with Gasteiger partial charge in [-0.1, -0.05) is 23.4 Å². The summed E-state index contributed by atoms with van der Waals surface area (Å²) in [6.07, 6.45) is 1.92. The van der Waals surface area contributed by atoms with Gasteiger partial charge in [0.25, 0.3) is 10.0 Å². The van der Waals surface area contributed by atoms with Crippen LogP contribution < -0.4 is 14.4 Å². The summed E-state index contributed by atoms with van der Waals surface area (Å²) in [5, 5.41) is 4.10. The maximum atomic E-state index is 13.4. The Kier molecular flexibility index (Phi) is 4.11. The summed E-state index contributed by atoms with van der Waals surface area (Å²) in [5.74, 6) is 1.04. The smallest absolute Gasteiger partial charge is 0.266 e. The Morgan fingerprint density at radius 1 is 1.22 bits per heavy atom. The quantitative estimate of drug-likeness (QED) is 0.628. The number of aromatic nitrogens is 1. The van der Waals surface area contributed by atoms with E-state index < -0.39 is 16.2 Å². The number of hydrogen-bond donors (Lipinski definition) is 1. The molecule has 0 atom stereocenters. The lowest BCUT2D eigenvalue weighted by Crippen LogP contribution is -2.48. The fourth-order valence-electron chi connectivity index (χ4n) is 4.83. The Labute approximate surface area is 185 Å². The number of alkyl halides is 1. The van der Waals surface area contributed by atoms with Crippen LogP contribution in [0.2, 0.25) is 0 Å². The van der Waals surface area contributed by atoms with Crippen LogP contribution in [0.4, 0.5) is 15.9 Å². The molecule has 166 valence electrons. The molecule has 0 radical (unpaired) electrons. The largest absolute Gasteiger partial charge is 0.495 e. The van der Waals surface area contributed by atoms with E-state index in [2.05, 4.69) is 15.9 Å². The minimum atomic E-state index is -3.92. The van der Waals surface area contributed by atoms with Gasteiger partial charge in [0.15, 0.2) is 11.6 Å². The molecule has 0 amide bonds. The van der Waals surface area contributed by atoms with Crippen molar-refractivity contribution in [2.45, 2.75) is 35.7 Å². The number of nitrogens with one attached hydrogen (secondary N) is 1. The molecule has 2 aliphatic carbocycles. The number of para-hydroxylation sites is 1. The van der Waals surface area contributed by atoms with Crippen molar-refractivity contribution in [1.82, 2.24) is 5.16 Å². The molecule has 1 saturated carbocycles. The molecule has 2 fully saturated rings. The van der Waals surface area contributed by atoms with E-state index in [0.717, 1.165) is 29.7 Å². The lowest BCUT2D eigenvalue weighted by molar-refractivity contribution is 0.275. The third kappa shape index (κ3) is 2.91. The third-order valence-electron chi connectivity index (χ3n) is 6.77. The van der Waals surface area contributed by atoms with Gasteiger partial charge in [0.1, 0.15) is 16.8 Å². The molecule has 6 rings (SSSR count). The second-order valence-electron chi connectivity index (χ2n) is 8.78. The van der Waals surface area contributed by atoms with E-state index in [9.17, 15) is 12.8 Å². The summed E-state index contributed by atoms with van der Waals surface area (Å²) in [6, 6.07) is 12.6. The number of methoxy groups -OCH3 is 1. The molecular weight excluding hydrogens is 433 g/mol. The Morgan fingerprint density at radius 2 is 2.00 bits per heavy atom. The predicted octanol–water partition coefficient (Wildman–Crippen LogP) is 3.90. The molecule has 1 aromatic heterocycles. The molecule has 2 heterocycles. The summed E-state index contributed by atoms with van der Waals surface area (Å²) in [7, 11) is -2.49. The van der Waals surface area contributed by atoms with Crippen LogP contribution >= 0.6 is 0 Å². The monoisotopic (exact) mass is 455 g/mol. The number of rotatable bonds is 5. The van der Waals surface area contributed by atoms with Crippen LogP contribution in [0.1, 0.15) is 24.0 Å². The molecule has 1 N–H and O–H groups in total.